The molecule has 10 heteroatoms. The number of carbonyl (C=O) groups excluding carboxylic acids is 1. The SMILES string of the molecule is Cl.NC[C@@H]1CN(c2ccc(N3CC(O)C3)c(C(F)(F)F)c2)C(=O)O1. The lowest BCUT2D eigenvalue weighted by molar-refractivity contribution is -0.137. The molecule has 0 unspecified atom stereocenters. The monoisotopic (exact) mass is 367 g/mol. The van der Waals surface area contributed by atoms with Gasteiger partial charge in [0.05, 0.1) is 18.2 Å². The van der Waals surface area contributed by atoms with E-state index in [-0.39, 0.29) is 50.0 Å². The summed E-state index contributed by atoms with van der Waals surface area (Å²) in [5.74, 6) is 0. The van der Waals surface area contributed by atoms with E-state index in [0.717, 1.165) is 11.0 Å². The third kappa shape index (κ3) is 3.38. The van der Waals surface area contributed by atoms with Crippen LogP contribution in [0.15, 0.2) is 18.2 Å². The number of aliphatic hydroxyl groups excluding tert-OH is 1. The number of amides is 1. The van der Waals surface area contributed by atoms with Crippen molar-refractivity contribution < 1.29 is 27.8 Å². The Kier molecular flexibility index (Phi) is 5.17. The number of nitrogens with zero attached hydrogens (tertiary/aromatic N) is 2. The number of β-amino-alcohol motifs (C(OH)–C–C–N with tert-alkyl or cyclic N) is 1. The molecule has 6 nitrogen and oxygen atoms in total. The lowest BCUT2D eigenvalue weighted by Crippen LogP contribution is -2.51. The Morgan fingerprint density at radius 1 is 1.29 bits per heavy atom. The summed E-state index contributed by atoms with van der Waals surface area (Å²) in [5, 5.41) is 9.29. The average molecular weight is 368 g/mol. The van der Waals surface area contributed by atoms with Gasteiger partial charge in [-0.1, -0.05) is 0 Å². The number of nitrogens with two attached hydrogens (primary N) is 1. The highest BCUT2D eigenvalue weighted by Gasteiger charge is 2.39. The number of cyclic esters (lactones) is 1. The highest BCUT2D eigenvalue weighted by molar-refractivity contribution is 5.90. The molecule has 1 amide bonds. The molecule has 0 saturated carbocycles. The summed E-state index contributed by atoms with van der Waals surface area (Å²) in [6.07, 6.45) is -6.42. The van der Waals surface area contributed by atoms with Gasteiger partial charge in [-0.3, -0.25) is 4.90 Å². The van der Waals surface area contributed by atoms with Crippen LogP contribution in [-0.2, 0) is 10.9 Å². The first-order chi connectivity index (χ1) is 10.8. The molecule has 2 saturated heterocycles. The van der Waals surface area contributed by atoms with E-state index < -0.39 is 30.0 Å². The quantitative estimate of drug-likeness (QED) is 0.848. The topological polar surface area (TPSA) is 79.0 Å². The van der Waals surface area contributed by atoms with E-state index in [4.69, 9.17) is 10.5 Å². The molecule has 0 aromatic heterocycles. The number of hydrogen-bond donors (Lipinski definition) is 2. The summed E-state index contributed by atoms with van der Waals surface area (Å²) >= 11 is 0. The van der Waals surface area contributed by atoms with Crippen LogP contribution in [0.2, 0.25) is 0 Å². The summed E-state index contributed by atoms with van der Waals surface area (Å²) < 4.78 is 45.0. The van der Waals surface area contributed by atoms with Crippen LogP contribution in [0, 0.1) is 0 Å². The minimum Gasteiger partial charge on any atom is -0.443 e. The van der Waals surface area contributed by atoms with Crippen LogP contribution in [0.25, 0.3) is 0 Å². The van der Waals surface area contributed by atoms with Gasteiger partial charge in [0.15, 0.2) is 0 Å². The lowest BCUT2D eigenvalue weighted by atomic mass is 10.0. The van der Waals surface area contributed by atoms with Crippen molar-refractivity contribution in [2.24, 2.45) is 5.73 Å². The van der Waals surface area contributed by atoms with Crippen LogP contribution in [0.1, 0.15) is 5.56 Å². The number of halogens is 4. The number of rotatable bonds is 3. The molecular formula is C14H17ClF3N3O3. The number of ether oxygens (including phenoxy) is 1. The molecule has 0 bridgehead atoms. The minimum absolute atomic E-state index is 0. The third-order valence-electron chi connectivity index (χ3n) is 3.94. The van der Waals surface area contributed by atoms with E-state index in [1.807, 2.05) is 0 Å². The highest BCUT2D eigenvalue weighted by Crippen LogP contribution is 2.40. The molecule has 2 heterocycles. The van der Waals surface area contributed by atoms with Crippen molar-refractivity contribution in [3.8, 4) is 0 Å². The maximum Gasteiger partial charge on any atom is 0.418 e. The van der Waals surface area contributed by atoms with Crippen molar-refractivity contribution >= 4 is 29.9 Å². The maximum absolute atomic E-state index is 13.3. The normalized spacial score (nSPS) is 21.4. The molecule has 0 spiro atoms. The van der Waals surface area contributed by atoms with E-state index in [0.29, 0.717) is 0 Å². The van der Waals surface area contributed by atoms with E-state index in [9.17, 15) is 23.1 Å². The number of aliphatic hydroxyl groups is 1. The predicted molar refractivity (Wildman–Crippen MR) is 83.6 cm³/mol. The van der Waals surface area contributed by atoms with Crippen LogP contribution in [0.4, 0.5) is 29.3 Å². The Bertz CT molecular complexity index is 623. The van der Waals surface area contributed by atoms with Crippen molar-refractivity contribution in [3.05, 3.63) is 23.8 Å². The van der Waals surface area contributed by atoms with E-state index >= 15 is 0 Å². The summed E-state index contributed by atoms with van der Waals surface area (Å²) in [5.41, 5.74) is 4.69. The molecule has 1 aromatic rings. The summed E-state index contributed by atoms with van der Waals surface area (Å²) in [6.45, 7) is 0.541. The maximum atomic E-state index is 13.3. The number of carbonyl (C=O) groups is 1. The van der Waals surface area contributed by atoms with Crippen LogP contribution in [0.3, 0.4) is 0 Å². The fourth-order valence-corrected chi connectivity index (χ4v) is 2.70. The number of alkyl halides is 3. The van der Waals surface area contributed by atoms with Crippen LogP contribution >= 0.6 is 12.4 Å². The van der Waals surface area contributed by atoms with Gasteiger partial charge in [-0.15, -0.1) is 12.4 Å². The first-order valence-corrected chi connectivity index (χ1v) is 7.12. The van der Waals surface area contributed by atoms with E-state index in [2.05, 4.69) is 0 Å². The summed E-state index contributed by atoms with van der Waals surface area (Å²) in [4.78, 5) is 14.3. The second-order valence-electron chi connectivity index (χ2n) is 5.61. The van der Waals surface area contributed by atoms with Crippen molar-refractivity contribution in [2.45, 2.75) is 18.4 Å². The molecule has 1 aromatic carbocycles. The van der Waals surface area contributed by atoms with Crippen molar-refractivity contribution in [1.29, 1.82) is 0 Å². The zero-order valence-electron chi connectivity index (χ0n) is 12.5. The molecule has 2 aliphatic heterocycles. The average Bonchev–Trinajstić information content (AvgIpc) is 2.84. The van der Waals surface area contributed by atoms with Gasteiger partial charge in [-0.05, 0) is 18.2 Å². The molecule has 2 aliphatic rings. The van der Waals surface area contributed by atoms with Crippen molar-refractivity contribution in [3.63, 3.8) is 0 Å². The fraction of sp³-hybridized carbons (Fsp3) is 0.500. The van der Waals surface area contributed by atoms with Gasteiger partial charge in [0.1, 0.15) is 6.10 Å². The molecule has 0 aliphatic carbocycles. The Hall–Kier alpha value is -1.71. The van der Waals surface area contributed by atoms with Gasteiger partial charge < -0.3 is 20.5 Å². The predicted octanol–water partition coefficient (Wildman–Crippen LogP) is 1.59. The molecule has 24 heavy (non-hydrogen) atoms. The summed E-state index contributed by atoms with van der Waals surface area (Å²) in [7, 11) is 0. The van der Waals surface area contributed by atoms with Crippen LogP contribution < -0.4 is 15.5 Å². The molecule has 1 atom stereocenters. The zero-order chi connectivity index (χ0) is 16.8. The van der Waals surface area contributed by atoms with Crippen LogP contribution in [0.5, 0.6) is 0 Å². The van der Waals surface area contributed by atoms with Gasteiger partial charge in [0.2, 0.25) is 0 Å². The van der Waals surface area contributed by atoms with E-state index in [1.54, 1.807) is 0 Å². The van der Waals surface area contributed by atoms with Gasteiger partial charge in [0.25, 0.3) is 0 Å². The summed E-state index contributed by atoms with van der Waals surface area (Å²) in [6, 6.07) is 3.68. The first kappa shape index (κ1) is 18.6. The number of anilines is 2. The molecule has 3 N–H and O–H groups in total. The Labute approximate surface area is 142 Å². The van der Waals surface area contributed by atoms with Crippen molar-refractivity contribution in [2.75, 3.05) is 36.0 Å². The Morgan fingerprint density at radius 3 is 2.46 bits per heavy atom. The molecule has 134 valence electrons. The second kappa shape index (κ2) is 6.66. The third-order valence-corrected chi connectivity index (χ3v) is 3.94. The van der Waals surface area contributed by atoms with E-state index in [1.165, 1.54) is 17.0 Å². The van der Waals surface area contributed by atoms with Gasteiger partial charge >= 0.3 is 12.3 Å². The Balaban J connectivity index is 0.00000208. The lowest BCUT2D eigenvalue weighted by Gasteiger charge is -2.39. The molecule has 0 radical (unpaired) electrons. The standard InChI is InChI=1S/C14H16F3N3O3.ClH/c15-14(16,17)11-3-8(20-7-10(4-18)23-13(20)22)1-2-12(11)19-5-9(21)6-19;/h1-3,9-10,21H,4-7,18H2;1H/t10-;/m1./s1. The van der Waals surface area contributed by atoms with Gasteiger partial charge in [-0.25, -0.2) is 4.79 Å². The number of benzene rings is 1. The van der Waals surface area contributed by atoms with Gasteiger partial charge in [0, 0.05) is 31.0 Å². The highest BCUT2D eigenvalue weighted by atomic mass is 35.5. The zero-order valence-corrected chi connectivity index (χ0v) is 13.3. The smallest absolute Gasteiger partial charge is 0.418 e. The largest absolute Gasteiger partial charge is 0.443 e. The van der Waals surface area contributed by atoms with Gasteiger partial charge in [-0.2, -0.15) is 13.2 Å². The van der Waals surface area contributed by atoms with Crippen LogP contribution in [-0.4, -0.2) is 49.6 Å². The first-order valence-electron chi connectivity index (χ1n) is 7.12. The molecular weight excluding hydrogens is 351 g/mol. The minimum atomic E-state index is -4.57. The van der Waals surface area contributed by atoms with Crippen molar-refractivity contribution in [1.82, 2.24) is 0 Å². The fourth-order valence-electron chi connectivity index (χ4n) is 2.70. The molecule has 2 fully saturated rings. The molecule has 3 rings (SSSR count). The Morgan fingerprint density at radius 2 is 1.96 bits per heavy atom. The number of hydrogen-bond acceptors (Lipinski definition) is 5. The second-order valence-corrected chi connectivity index (χ2v) is 5.61.